The van der Waals surface area contributed by atoms with Crippen LogP contribution in [0.1, 0.15) is 25.7 Å². The van der Waals surface area contributed by atoms with Crippen LogP contribution in [-0.4, -0.2) is 17.1 Å². The third kappa shape index (κ3) is 2.08. The monoisotopic (exact) mass is 266 g/mol. The van der Waals surface area contributed by atoms with Gasteiger partial charge in [0.05, 0.1) is 6.10 Å². The van der Waals surface area contributed by atoms with E-state index in [-0.39, 0.29) is 0 Å². The van der Waals surface area contributed by atoms with E-state index in [1.54, 1.807) is 0 Å². The van der Waals surface area contributed by atoms with E-state index in [0.29, 0.717) is 6.10 Å². The zero-order valence-electron chi connectivity index (χ0n) is 6.76. The van der Waals surface area contributed by atoms with Gasteiger partial charge in [0.15, 0.2) is 0 Å². The Bertz CT molecular complexity index is 138. The van der Waals surface area contributed by atoms with Crippen molar-refractivity contribution in [1.82, 2.24) is 0 Å². The Labute approximate surface area is 82.0 Å². The minimum Gasteiger partial charge on any atom is -0.377 e. The van der Waals surface area contributed by atoms with Crippen molar-refractivity contribution >= 4 is 22.6 Å². The van der Waals surface area contributed by atoms with Crippen LogP contribution in [0.15, 0.2) is 0 Å². The number of ether oxygens (including phenoxy) is 1. The number of hydrogen-bond acceptors (Lipinski definition) is 1. The molecule has 0 aromatic rings. The number of halogens is 1. The van der Waals surface area contributed by atoms with Gasteiger partial charge >= 0.3 is 0 Å². The minimum absolute atomic E-state index is 0.575. The summed E-state index contributed by atoms with van der Waals surface area (Å²) in [7, 11) is 0. The van der Waals surface area contributed by atoms with Crippen molar-refractivity contribution in [2.45, 2.75) is 31.8 Å². The maximum atomic E-state index is 5.72. The van der Waals surface area contributed by atoms with Crippen LogP contribution in [0.5, 0.6) is 0 Å². The van der Waals surface area contributed by atoms with Gasteiger partial charge in [0.2, 0.25) is 0 Å². The van der Waals surface area contributed by atoms with Crippen molar-refractivity contribution in [1.29, 1.82) is 0 Å². The normalized spacial score (nSPS) is 43.9. The van der Waals surface area contributed by atoms with E-state index in [2.05, 4.69) is 22.6 Å². The lowest BCUT2D eigenvalue weighted by molar-refractivity contribution is 0.0502. The van der Waals surface area contributed by atoms with Crippen LogP contribution < -0.4 is 0 Å². The summed E-state index contributed by atoms with van der Waals surface area (Å²) in [5.41, 5.74) is 0. The average Bonchev–Trinajstić information content (AvgIpc) is 2.67. The van der Waals surface area contributed by atoms with E-state index >= 15 is 0 Å². The first-order chi connectivity index (χ1) is 5.40. The van der Waals surface area contributed by atoms with Gasteiger partial charge in [0.1, 0.15) is 0 Å². The third-order valence-corrected chi connectivity index (χ3v) is 3.86. The Morgan fingerprint density at radius 2 is 2.18 bits per heavy atom. The van der Waals surface area contributed by atoms with Crippen molar-refractivity contribution in [2.24, 2.45) is 11.8 Å². The fourth-order valence-electron chi connectivity index (χ4n) is 2.06. The van der Waals surface area contributed by atoms with E-state index in [9.17, 15) is 0 Å². The van der Waals surface area contributed by atoms with E-state index in [1.807, 2.05) is 0 Å². The van der Waals surface area contributed by atoms with E-state index in [4.69, 9.17) is 4.74 Å². The van der Waals surface area contributed by atoms with Gasteiger partial charge in [0.25, 0.3) is 0 Å². The molecule has 64 valence electrons. The lowest BCUT2D eigenvalue weighted by Crippen LogP contribution is -2.18. The molecule has 0 radical (unpaired) electrons. The molecule has 1 saturated heterocycles. The summed E-state index contributed by atoms with van der Waals surface area (Å²) in [5, 5.41) is 0. The molecule has 0 bridgehead atoms. The molecule has 0 N–H and O–H groups in total. The zero-order valence-corrected chi connectivity index (χ0v) is 8.92. The van der Waals surface area contributed by atoms with Crippen LogP contribution >= 0.6 is 22.6 Å². The summed E-state index contributed by atoms with van der Waals surface area (Å²) >= 11 is 2.44. The van der Waals surface area contributed by atoms with Gasteiger partial charge in [-0.3, -0.25) is 0 Å². The van der Waals surface area contributed by atoms with Crippen molar-refractivity contribution in [3.63, 3.8) is 0 Å². The summed E-state index contributed by atoms with van der Waals surface area (Å²) in [5.74, 6) is 2.12. The quantitative estimate of drug-likeness (QED) is 0.523. The molecule has 11 heavy (non-hydrogen) atoms. The smallest absolute Gasteiger partial charge is 0.0667 e. The van der Waals surface area contributed by atoms with E-state index in [1.165, 1.54) is 30.1 Å². The molecule has 1 heterocycles. The number of alkyl halides is 1. The third-order valence-electron chi connectivity index (χ3n) is 2.88. The molecule has 0 aromatic carbocycles. The molecule has 2 fully saturated rings. The first kappa shape index (κ1) is 8.30. The number of rotatable bonds is 1. The summed E-state index contributed by atoms with van der Waals surface area (Å²) in [6, 6.07) is 0. The van der Waals surface area contributed by atoms with Crippen LogP contribution in [-0.2, 0) is 4.74 Å². The molecule has 0 amide bonds. The maximum Gasteiger partial charge on any atom is 0.0667 e. The molecule has 1 aliphatic heterocycles. The van der Waals surface area contributed by atoms with Crippen molar-refractivity contribution < 1.29 is 4.74 Å². The molecule has 2 heteroatoms. The molecule has 3 atom stereocenters. The summed E-state index contributed by atoms with van der Waals surface area (Å²) in [6.07, 6.45) is 6.14. The second kappa shape index (κ2) is 3.60. The lowest BCUT2D eigenvalue weighted by atomic mass is 10.1. The second-order valence-corrected chi connectivity index (χ2v) is 4.66. The second-order valence-electron chi connectivity index (χ2n) is 3.78. The van der Waals surface area contributed by atoms with Gasteiger partial charge in [-0.25, -0.2) is 0 Å². The molecule has 1 nitrogen and oxygen atoms in total. The van der Waals surface area contributed by atoms with Crippen LogP contribution in [0, 0.1) is 11.8 Å². The fraction of sp³-hybridized carbons (Fsp3) is 1.00. The molecule has 2 aliphatic rings. The largest absolute Gasteiger partial charge is 0.377 e. The lowest BCUT2D eigenvalue weighted by Gasteiger charge is -2.17. The van der Waals surface area contributed by atoms with Crippen LogP contribution in [0.25, 0.3) is 0 Å². The predicted molar refractivity (Wildman–Crippen MR) is 54.1 cm³/mol. The van der Waals surface area contributed by atoms with Crippen molar-refractivity contribution in [3.8, 4) is 0 Å². The minimum atomic E-state index is 0.575. The highest BCUT2D eigenvalue weighted by Gasteiger charge is 2.38. The summed E-state index contributed by atoms with van der Waals surface area (Å²) < 4.78 is 6.90. The van der Waals surface area contributed by atoms with Crippen LogP contribution in [0.3, 0.4) is 0 Å². The van der Waals surface area contributed by atoms with Crippen molar-refractivity contribution in [3.05, 3.63) is 0 Å². The van der Waals surface area contributed by atoms with Crippen LogP contribution in [0.4, 0.5) is 0 Å². The maximum absolute atomic E-state index is 5.72. The molecule has 0 spiro atoms. The first-order valence-corrected chi connectivity index (χ1v) is 6.10. The fourth-order valence-corrected chi connectivity index (χ4v) is 2.68. The highest BCUT2D eigenvalue weighted by Crippen LogP contribution is 2.46. The highest BCUT2D eigenvalue weighted by atomic mass is 127. The Hall–Kier alpha value is 0.690. The molecule has 1 saturated carbocycles. The predicted octanol–water partition coefficient (Wildman–Crippen LogP) is 2.63. The zero-order chi connectivity index (χ0) is 7.68. The highest BCUT2D eigenvalue weighted by molar-refractivity contribution is 14.1. The Morgan fingerprint density at radius 1 is 1.27 bits per heavy atom. The number of fused-ring (bicyclic) bond motifs is 1. The van der Waals surface area contributed by atoms with Gasteiger partial charge in [0, 0.05) is 11.0 Å². The molecular weight excluding hydrogens is 251 g/mol. The topological polar surface area (TPSA) is 9.23 Å². The van der Waals surface area contributed by atoms with Gasteiger partial charge in [-0.15, -0.1) is 0 Å². The standard InChI is InChI=1S/C9H15IO/c10-6-9-5-8-4-7(8)2-1-3-11-9/h7-9H,1-6H2/t7-,8-,9?/m0/s1. The molecule has 1 unspecified atom stereocenters. The molecule has 1 aliphatic carbocycles. The number of hydrogen-bond donors (Lipinski definition) is 0. The van der Waals surface area contributed by atoms with Gasteiger partial charge in [-0.2, -0.15) is 0 Å². The summed E-state index contributed by atoms with van der Waals surface area (Å²) in [6.45, 7) is 1.01. The molecule has 0 aromatic heterocycles. The Morgan fingerprint density at radius 3 is 3.00 bits per heavy atom. The SMILES string of the molecule is ICC1C[C@@H]2C[C@@H]2CCCO1. The molecule has 2 rings (SSSR count). The van der Waals surface area contributed by atoms with Crippen molar-refractivity contribution in [2.75, 3.05) is 11.0 Å². The molecular formula is C9H15IO. The van der Waals surface area contributed by atoms with E-state index in [0.717, 1.165) is 18.4 Å². The van der Waals surface area contributed by atoms with Gasteiger partial charge < -0.3 is 4.74 Å². The Kier molecular flexibility index (Phi) is 2.72. The summed E-state index contributed by atoms with van der Waals surface area (Å²) in [4.78, 5) is 0. The Balaban J connectivity index is 1.84. The van der Waals surface area contributed by atoms with Gasteiger partial charge in [-0.05, 0) is 37.5 Å². The van der Waals surface area contributed by atoms with E-state index < -0.39 is 0 Å². The van der Waals surface area contributed by atoms with Gasteiger partial charge in [-0.1, -0.05) is 22.6 Å². The average molecular weight is 266 g/mol. The van der Waals surface area contributed by atoms with Crippen LogP contribution in [0.2, 0.25) is 0 Å². The first-order valence-electron chi connectivity index (χ1n) is 4.57.